The summed E-state index contributed by atoms with van der Waals surface area (Å²) in [6.07, 6.45) is 1.64. The highest BCUT2D eigenvalue weighted by Gasteiger charge is 2.23. The van der Waals surface area contributed by atoms with Gasteiger partial charge in [0.15, 0.2) is 0 Å². The Morgan fingerprint density at radius 3 is 2.47 bits per heavy atom. The number of rotatable bonds is 6. The Balaban J connectivity index is 3.04. The minimum atomic E-state index is -0.243. The molecule has 0 fully saturated rings. The topological polar surface area (TPSA) is 60.8 Å². The van der Waals surface area contributed by atoms with Crippen LogP contribution in [0, 0.1) is 0 Å². The van der Waals surface area contributed by atoms with E-state index in [0.717, 1.165) is 17.3 Å². The first-order chi connectivity index (χ1) is 9.04. The summed E-state index contributed by atoms with van der Waals surface area (Å²) in [4.78, 5) is 14.1. The molecule has 0 saturated carbocycles. The summed E-state index contributed by atoms with van der Waals surface area (Å²) in [5.74, 6) is -0.291. The fraction of sp³-hybridized carbons (Fsp3) is 0.500. The van der Waals surface area contributed by atoms with Crippen LogP contribution in [-0.2, 0) is 0 Å². The van der Waals surface area contributed by atoms with Gasteiger partial charge < -0.3 is 15.1 Å². The zero-order valence-corrected chi connectivity index (χ0v) is 12.9. The molecule has 1 amide bonds. The van der Waals surface area contributed by atoms with Crippen molar-refractivity contribution in [2.75, 3.05) is 13.2 Å². The van der Waals surface area contributed by atoms with Crippen LogP contribution in [0.15, 0.2) is 22.7 Å². The third-order valence-electron chi connectivity index (χ3n) is 3.18. The number of phenolic OH excluding ortho intramolecular Hbond substituents is 1. The number of aromatic hydroxyl groups is 1. The van der Waals surface area contributed by atoms with Crippen molar-refractivity contribution in [1.29, 1.82) is 0 Å². The number of nitrogens with zero attached hydrogens (tertiary/aromatic N) is 1. The van der Waals surface area contributed by atoms with E-state index in [1.807, 2.05) is 13.8 Å². The van der Waals surface area contributed by atoms with Crippen molar-refractivity contribution in [2.45, 2.75) is 32.7 Å². The fourth-order valence-corrected chi connectivity index (χ4v) is 2.48. The predicted molar refractivity (Wildman–Crippen MR) is 78.3 cm³/mol. The molecule has 4 nitrogen and oxygen atoms in total. The second kappa shape index (κ2) is 7.50. The van der Waals surface area contributed by atoms with E-state index in [1.54, 1.807) is 17.0 Å². The van der Waals surface area contributed by atoms with Crippen LogP contribution in [0.4, 0.5) is 0 Å². The number of hydrogen-bond acceptors (Lipinski definition) is 3. The van der Waals surface area contributed by atoms with Gasteiger partial charge in [0.2, 0.25) is 0 Å². The summed E-state index contributed by atoms with van der Waals surface area (Å²) in [6.45, 7) is 4.21. The molecule has 0 unspecified atom stereocenters. The average Bonchev–Trinajstić information content (AvgIpc) is 2.38. The van der Waals surface area contributed by atoms with E-state index in [4.69, 9.17) is 5.11 Å². The smallest absolute Gasteiger partial charge is 0.257 e. The zero-order valence-electron chi connectivity index (χ0n) is 11.3. The van der Waals surface area contributed by atoms with Gasteiger partial charge in [-0.15, -0.1) is 0 Å². The SMILES string of the molecule is CCC(CC)N(CCO)C(=O)c1ccc(Br)cc1O. The second-order valence-corrected chi connectivity index (χ2v) is 5.27. The van der Waals surface area contributed by atoms with Gasteiger partial charge in [-0.25, -0.2) is 0 Å². The maximum Gasteiger partial charge on any atom is 0.257 e. The molecule has 0 aromatic heterocycles. The summed E-state index contributed by atoms with van der Waals surface area (Å²) in [5, 5.41) is 19.0. The number of phenols is 1. The van der Waals surface area contributed by atoms with Crippen LogP contribution >= 0.6 is 15.9 Å². The molecule has 0 aliphatic heterocycles. The zero-order chi connectivity index (χ0) is 14.4. The van der Waals surface area contributed by atoms with E-state index in [-0.39, 0.29) is 36.4 Å². The predicted octanol–water partition coefficient (Wildman–Crippen LogP) is 2.78. The molecule has 0 heterocycles. The second-order valence-electron chi connectivity index (χ2n) is 4.35. The standard InChI is InChI=1S/C14H20BrNO3/c1-3-11(4-2)16(7-8-17)14(19)12-6-5-10(15)9-13(12)18/h5-6,9,11,17-18H,3-4,7-8H2,1-2H3. The number of hydrogen-bond donors (Lipinski definition) is 2. The highest BCUT2D eigenvalue weighted by molar-refractivity contribution is 9.10. The van der Waals surface area contributed by atoms with Crippen LogP contribution in [0.5, 0.6) is 5.75 Å². The molecule has 0 aliphatic carbocycles. The molecule has 0 spiro atoms. The molecule has 19 heavy (non-hydrogen) atoms. The molecular formula is C14H20BrNO3. The highest BCUT2D eigenvalue weighted by atomic mass is 79.9. The third-order valence-corrected chi connectivity index (χ3v) is 3.67. The van der Waals surface area contributed by atoms with E-state index >= 15 is 0 Å². The largest absolute Gasteiger partial charge is 0.507 e. The van der Waals surface area contributed by atoms with E-state index in [9.17, 15) is 9.90 Å². The van der Waals surface area contributed by atoms with E-state index in [1.165, 1.54) is 6.07 Å². The third kappa shape index (κ3) is 3.94. The molecule has 0 bridgehead atoms. The molecule has 5 heteroatoms. The van der Waals surface area contributed by atoms with Crippen LogP contribution < -0.4 is 0 Å². The highest BCUT2D eigenvalue weighted by Crippen LogP contribution is 2.25. The fourth-order valence-electron chi connectivity index (χ4n) is 2.13. The van der Waals surface area contributed by atoms with Crippen molar-refractivity contribution < 1.29 is 15.0 Å². The number of halogens is 1. The van der Waals surface area contributed by atoms with E-state index in [2.05, 4.69) is 15.9 Å². The summed E-state index contributed by atoms with van der Waals surface area (Å²) >= 11 is 3.24. The first-order valence-corrected chi connectivity index (χ1v) is 7.24. The maximum absolute atomic E-state index is 12.5. The average molecular weight is 330 g/mol. The summed E-state index contributed by atoms with van der Waals surface area (Å²) in [6, 6.07) is 4.88. The minimum Gasteiger partial charge on any atom is -0.507 e. The Morgan fingerprint density at radius 1 is 1.37 bits per heavy atom. The van der Waals surface area contributed by atoms with Crippen molar-refractivity contribution in [2.24, 2.45) is 0 Å². The maximum atomic E-state index is 12.5. The molecule has 0 radical (unpaired) electrons. The van der Waals surface area contributed by atoms with Crippen molar-refractivity contribution >= 4 is 21.8 Å². The lowest BCUT2D eigenvalue weighted by atomic mass is 10.1. The summed E-state index contributed by atoms with van der Waals surface area (Å²) in [7, 11) is 0. The van der Waals surface area contributed by atoms with Crippen molar-refractivity contribution in [1.82, 2.24) is 4.90 Å². The Hall–Kier alpha value is -1.07. The lowest BCUT2D eigenvalue weighted by Crippen LogP contribution is -2.41. The van der Waals surface area contributed by atoms with Crippen molar-refractivity contribution in [3.05, 3.63) is 28.2 Å². The molecule has 1 aromatic carbocycles. The monoisotopic (exact) mass is 329 g/mol. The number of carbonyl (C=O) groups excluding carboxylic acids is 1. The van der Waals surface area contributed by atoms with E-state index < -0.39 is 0 Å². The van der Waals surface area contributed by atoms with Crippen LogP contribution in [0.1, 0.15) is 37.0 Å². The van der Waals surface area contributed by atoms with Gasteiger partial charge in [0.1, 0.15) is 5.75 Å². The van der Waals surface area contributed by atoms with Gasteiger partial charge in [-0.3, -0.25) is 4.79 Å². The quantitative estimate of drug-likeness (QED) is 0.843. The van der Waals surface area contributed by atoms with Crippen molar-refractivity contribution in [3.63, 3.8) is 0 Å². The molecule has 1 aromatic rings. The summed E-state index contributed by atoms with van der Waals surface area (Å²) in [5.41, 5.74) is 0.267. The molecule has 0 atom stereocenters. The van der Waals surface area contributed by atoms with Crippen LogP contribution in [-0.4, -0.2) is 40.2 Å². The van der Waals surface area contributed by atoms with Crippen molar-refractivity contribution in [3.8, 4) is 5.75 Å². The normalized spacial score (nSPS) is 10.8. The Labute approximate surface area is 122 Å². The van der Waals surface area contributed by atoms with Gasteiger partial charge in [0, 0.05) is 17.1 Å². The van der Waals surface area contributed by atoms with Gasteiger partial charge in [-0.2, -0.15) is 0 Å². The Bertz CT molecular complexity index is 433. The van der Waals surface area contributed by atoms with Gasteiger partial charge in [0.25, 0.3) is 5.91 Å². The van der Waals surface area contributed by atoms with Gasteiger partial charge in [0.05, 0.1) is 12.2 Å². The molecule has 0 saturated heterocycles. The van der Waals surface area contributed by atoms with Gasteiger partial charge in [-0.05, 0) is 31.0 Å². The van der Waals surface area contributed by atoms with Crippen LogP contribution in [0.2, 0.25) is 0 Å². The Morgan fingerprint density at radius 2 is 2.00 bits per heavy atom. The van der Waals surface area contributed by atoms with Gasteiger partial charge in [-0.1, -0.05) is 29.8 Å². The number of amides is 1. The number of aliphatic hydroxyl groups is 1. The van der Waals surface area contributed by atoms with Gasteiger partial charge >= 0.3 is 0 Å². The first-order valence-electron chi connectivity index (χ1n) is 6.45. The van der Waals surface area contributed by atoms with Crippen LogP contribution in [0.25, 0.3) is 0 Å². The molecular weight excluding hydrogens is 310 g/mol. The number of carbonyl (C=O) groups is 1. The Kier molecular flexibility index (Phi) is 6.31. The minimum absolute atomic E-state index is 0.0479. The first kappa shape index (κ1) is 16.0. The molecule has 2 N–H and O–H groups in total. The number of aliphatic hydroxyl groups excluding tert-OH is 1. The van der Waals surface area contributed by atoms with Crippen LogP contribution in [0.3, 0.4) is 0 Å². The molecule has 0 aliphatic rings. The molecule has 106 valence electrons. The summed E-state index contributed by atoms with van der Waals surface area (Å²) < 4.78 is 0.720. The van der Waals surface area contributed by atoms with E-state index in [0.29, 0.717) is 0 Å². The number of benzene rings is 1. The lowest BCUT2D eigenvalue weighted by Gasteiger charge is -2.30. The lowest BCUT2D eigenvalue weighted by molar-refractivity contribution is 0.0619. The molecule has 1 rings (SSSR count).